The lowest BCUT2D eigenvalue weighted by atomic mass is 10.1. The number of unbranched alkanes of at least 4 members (excludes halogenated alkanes) is 6. The third kappa shape index (κ3) is 5.70. The Hall–Kier alpha value is -0.790. The Morgan fingerprint density at radius 1 is 0.944 bits per heavy atom. The normalized spacial score (nSPS) is 11.1. The van der Waals surface area contributed by atoms with Crippen LogP contribution in [0, 0.1) is 6.92 Å². The van der Waals surface area contributed by atoms with Crippen LogP contribution in [0.1, 0.15) is 76.7 Å². The number of nitrogens with zero attached hydrogens (tertiary/aromatic N) is 2. The van der Waals surface area contributed by atoms with Crippen molar-refractivity contribution in [2.24, 2.45) is 0 Å². The molecule has 0 amide bonds. The van der Waals surface area contributed by atoms with Crippen LogP contribution in [0.15, 0.2) is 6.20 Å². The molecule has 0 aromatic carbocycles. The SMILES string of the molecule is CCCCCCc1cn(CCCCCC)c(C)n1. The number of imidazole rings is 1. The fraction of sp³-hybridized carbons (Fsp3) is 0.812. The summed E-state index contributed by atoms with van der Waals surface area (Å²) in [5.74, 6) is 1.19. The highest BCUT2D eigenvalue weighted by Crippen LogP contribution is 2.10. The van der Waals surface area contributed by atoms with Crippen LogP contribution >= 0.6 is 0 Å². The molecule has 0 saturated carbocycles. The second-order valence-electron chi connectivity index (χ2n) is 5.34. The van der Waals surface area contributed by atoms with E-state index < -0.39 is 0 Å². The summed E-state index contributed by atoms with van der Waals surface area (Å²) in [6, 6.07) is 0. The topological polar surface area (TPSA) is 17.8 Å². The molecule has 0 bridgehead atoms. The monoisotopic (exact) mass is 250 g/mol. The molecule has 1 aromatic heterocycles. The number of hydrogen-bond donors (Lipinski definition) is 0. The summed E-state index contributed by atoms with van der Waals surface area (Å²) in [5, 5.41) is 0. The van der Waals surface area contributed by atoms with E-state index in [1.165, 1.54) is 62.9 Å². The third-order valence-corrected chi connectivity index (χ3v) is 3.56. The van der Waals surface area contributed by atoms with E-state index in [4.69, 9.17) is 0 Å². The Labute approximate surface area is 113 Å². The van der Waals surface area contributed by atoms with Crippen molar-refractivity contribution in [3.8, 4) is 0 Å². The lowest BCUT2D eigenvalue weighted by molar-refractivity contribution is 0.572. The lowest BCUT2D eigenvalue weighted by Crippen LogP contribution is -1.98. The van der Waals surface area contributed by atoms with Gasteiger partial charge >= 0.3 is 0 Å². The molecule has 0 aliphatic heterocycles. The Morgan fingerprint density at radius 3 is 2.28 bits per heavy atom. The molecule has 1 rings (SSSR count). The van der Waals surface area contributed by atoms with Gasteiger partial charge in [0.15, 0.2) is 0 Å². The highest BCUT2D eigenvalue weighted by molar-refractivity contribution is 5.03. The van der Waals surface area contributed by atoms with Crippen molar-refractivity contribution in [2.75, 3.05) is 0 Å². The first-order chi connectivity index (χ1) is 8.77. The maximum absolute atomic E-state index is 4.67. The number of hydrogen-bond acceptors (Lipinski definition) is 1. The minimum absolute atomic E-state index is 1.15. The molecular weight excluding hydrogens is 220 g/mol. The van der Waals surface area contributed by atoms with Crippen LogP contribution in [-0.2, 0) is 13.0 Å². The van der Waals surface area contributed by atoms with Gasteiger partial charge in [-0.15, -0.1) is 0 Å². The van der Waals surface area contributed by atoms with E-state index in [9.17, 15) is 0 Å². The first-order valence-electron chi connectivity index (χ1n) is 7.80. The zero-order valence-electron chi connectivity index (χ0n) is 12.5. The fourth-order valence-corrected chi connectivity index (χ4v) is 2.36. The Morgan fingerprint density at radius 2 is 1.61 bits per heavy atom. The molecule has 104 valence electrons. The van der Waals surface area contributed by atoms with E-state index in [-0.39, 0.29) is 0 Å². The van der Waals surface area contributed by atoms with Crippen molar-refractivity contribution in [2.45, 2.75) is 85.1 Å². The molecule has 0 N–H and O–H groups in total. The van der Waals surface area contributed by atoms with Crippen LogP contribution in [0.3, 0.4) is 0 Å². The second-order valence-corrected chi connectivity index (χ2v) is 5.34. The predicted octanol–water partition coefficient (Wildman–Crippen LogP) is 4.89. The van der Waals surface area contributed by atoms with Gasteiger partial charge < -0.3 is 4.57 Å². The average Bonchev–Trinajstić information content (AvgIpc) is 2.71. The highest BCUT2D eigenvalue weighted by Gasteiger charge is 2.03. The molecule has 0 aliphatic carbocycles. The molecular formula is C16H30N2. The van der Waals surface area contributed by atoms with Crippen molar-refractivity contribution in [1.29, 1.82) is 0 Å². The van der Waals surface area contributed by atoms with Crippen molar-refractivity contribution >= 4 is 0 Å². The largest absolute Gasteiger partial charge is 0.335 e. The Balaban J connectivity index is 2.29. The third-order valence-electron chi connectivity index (χ3n) is 3.56. The molecule has 0 saturated heterocycles. The van der Waals surface area contributed by atoms with Crippen LogP contribution < -0.4 is 0 Å². The maximum atomic E-state index is 4.67. The van der Waals surface area contributed by atoms with Crippen LogP contribution in [0.4, 0.5) is 0 Å². The molecule has 0 fully saturated rings. The number of rotatable bonds is 10. The van der Waals surface area contributed by atoms with Gasteiger partial charge in [0, 0.05) is 12.7 Å². The summed E-state index contributed by atoms with van der Waals surface area (Å²) in [6.07, 6.45) is 14.0. The summed E-state index contributed by atoms with van der Waals surface area (Å²) in [5.41, 5.74) is 1.29. The van der Waals surface area contributed by atoms with Gasteiger partial charge in [-0.1, -0.05) is 52.4 Å². The molecule has 18 heavy (non-hydrogen) atoms. The quantitative estimate of drug-likeness (QED) is 0.540. The van der Waals surface area contributed by atoms with Crippen LogP contribution in [0.2, 0.25) is 0 Å². The molecule has 0 aliphatic rings. The Bertz CT molecular complexity index is 315. The molecule has 2 nitrogen and oxygen atoms in total. The highest BCUT2D eigenvalue weighted by atomic mass is 15.1. The number of aryl methyl sites for hydroxylation is 3. The summed E-state index contributed by atoms with van der Waals surface area (Å²) < 4.78 is 2.34. The summed E-state index contributed by atoms with van der Waals surface area (Å²) in [7, 11) is 0. The van der Waals surface area contributed by atoms with Gasteiger partial charge in [0.1, 0.15) is 5.82 Å². The molecule has 0 unspecified atom stereocenters. The molecule has 1 aromatic rings. The van der Waals surface area contributed by atoms with Crippen molar-refractivity contribution in [1.82, 2.24) is 9.55 Å². The summed E-state index contributed by atoms with van der Waals surface area (Å²) >= 11 is 0. The van der Waals surface area contributed by atoms with Crippen molar-refractivity contribution in [3.63, 3.8) is 0 Å². The maximum Gasteiger partial charge on any atom is 0.105 e. The smallest absolute Gasteiger partial charge is 0.105 e. The van der Waals surface area contributed by atoms with Gasteiger partial charge in [0.25, 0.3) is 0 Å². The van der Waals surface area contributed by atoms with Gasteiger partial charge in [-0.3, -0.25) is 0 Å². The van der Waals surface area contributed by atoms with Gasteiger partial charge in [0.05, 0.1) is 5.69 Å². The van der Waals surface area contributed by atoms with Crippen molar-refractivity contribution in [3.05, 3.63) is 17.7 Å². The molecule has 2 heteroatoms. The summed E-state index contributed by atoms with van der Waals surface area (Å²) in [4.78, 5) is 4.67. The van der Waals surface area contributed by atoms with E-state index in [1.807, 2.05) is 0 Å². The van der Waals surface area contributed by atoms with Gasteiger partial charge in [0.2, 0.25) is 0 Å². The zero-order valence-corrected chi connectivity index (χ0v) is 12.5. The van der Waals surface area contributed by atoms with E-state index in [0.717, 1.165) is 13.0 Å². The predicted molar refractivity (Wildman–Crippen MR) is 79.0 cm³/mol. The zero-order chi connectivity index (χ0) is 13.2. The molecule has 0 radical (unpaired) electrons. The Kier molecular flexibility index (Phi) is 7.79. The molecule has 1 heterocycles. The van der Waals surface area contributed by atoms with Crippen LogP contribution in [-0.4, -0.2) is 9.55 Å². The molecule has 0 atom stereocenters. The van der Waals surface area contributed by atoms with E-state index in [0.29, 0.717) is 0 Å². The van der Waals surface area contributed by atoms with Crippen LogP contribution in [0.25, 0.3) is 0 Å². The van der Waals surface area contributed by atoms with Gasteiger partial charge in [-0.05, 0) is 26.2 Å². The summed E-state index contributed by atoms with van der Waals surface area (Å²) in [6.45, 7) is 7.80. The average molecular weight is 250 g/mol. The fourth-order valence-electron chi connectivity index (χ4n) is 2.36. The van der Waals surface area contributed by atoms with Crippen molar-refractivity contribution < 1.29 is 0 Å². The molecule has 0 spiro atoms. The standard InChI is InChI=1S/C16H30N2/c1-4-6-8-10-12-16-14-18(15(3)17-16)13-11-9-7-5-2/h14H,4-13H2,1-3H3. The minimum atomic E-state index is 1.15. The number of aromatic nitrogens is 2. The van der Waals surface area contributed by atoms with Gasteiger partial charge in [-0.25, -0.2) is 4.98 Å². The van der Waals surface area contributed by atoms with Gasteiger partial charge in [-0.2, -0.15) is 0 Å². The van der Waals surface area contributed by atoms with E-state index in [1.54, 1.807) is 0 Å². The minimum Gasteiger partial charge on any atom is -0.335 e. The lowest BCUT2D eigenvalue weighted by Gasteiger charge is -2.03. The van der Waals surface area contributed by atoms with Crippen LogP contribution in [0.5, 0.6) is 0 Å². The van der Waals surface area contributed by atoms with E-state index >= 15 is 0 Å². The second kappa shape index (κ2) is 9.18. The first-order valence-corrected chi connectivity index (χ1v) is 7.80. The van der Waals surface area contributed by atoms with E-state index in [2.05, 4.69) is 36.5 Å². The first kappa shape index (κ1) is 15.3.